The maximum absolute atomic E-state index is 9.96. The van der Waals surface area contributed by atoms with Gasteiger partial charge >= 0.3 is 0 Å². The lowest BCUT2D eigenvalue weighted by Gasteiger charge is -2.35. The van der Waals surface area contributed by atoms with Crippen LogP contribution >= 0.6 is 70.0 Å². The number of phenolic OH excluding ortho intramolecular Hbond substituents is 1. The molecule has 2 rings (SSSR count). The Labute approximate surface area is 173 Å². The van der Waals surface area contributed by atoms with Crippen LogP contribution in [0.3, 0.4) is 0 Å². The maximum Gasteiger partial charge on any atom is 0.142 e. The van der Waals surface area contributed by atoms with Gasteiger partial charge in [0, 0.05) is 32.2 Å². The lowest BCUT2D eigenvalue weighted by molar-refractivity contribution is 0.163. The van der Waals surface area contributed by atoms with Gasteiger partial charge < -0.3 is 10.4 Å². The molecular weight excluding hydrogens is 549 g/mol. The van der Waals surface area contributed by atoms with E-state index in [1.807, 2.05) is 0 Å². The Morgan fingerprint density at radius 1 is 1.18 bits per heavy atom. The van der Waals surface area contributed by atoms with Crippen molar-refractivity contribution in [2.24, 2.45) is 0 Å². The SMILES string of the molecule is CCCC[C@@H](c1cc(I)c(O)c(I)c1)N1CCNCC1.Cl.Cl. The molecule has 7 heteroatoms. The van der Waals surface area contributed by atoms with E-state index in [1.165, 1.54) is 24.8 Å². The van der Waals surface area contributed by atoms with Gasteiger partial charge in [0.05, 0.1) is 7.14 Å². The van der Waals surface area contributed by atoms with Crippen molar-refractivity contribution in [1.29, 1.82) is 0 Å². The number of halogens is 4. The fourth-order valence-electron chi connectivity index (χ4n) is 2.73. The van der Waals surface area contributed by atoms with E-state index < -0.39 is 0 Å². The van der Waals surface area contributed by atoms with Crippen LogP contribution in [0, 0.1) is 7.14 Å². The molecule has 0 spiro atoms. The van der Waals surface area contributed by atoms with Crippen LogP contribution in [0.25, 0.3) is 0 Å². The number of phenols is 1. The minimum absolute atomic E-state index is 0. The number of piperazine rings is 1. The number of nitrogens with zero attached hydrogens (tertiary/aromatic N) is 1. The van der Waals surface area contributed by atoms with Crippen molar-refractivity contribution in [2.75, 3.05) is 26.2 Å². The normalized spacial score (nSPS) is 16.5. The summed E-state index contributed by atoms with van der Waals surface area (Å²) in [5.74, 6) is 0.421. The van der Waals surface area contributed by atoms with Gasteiger partial charge in [-0.1, -0.05) is 19.8 Å². The first-order valence-electron chi connectivity index (χ1n) is 7.26. The van der Waals surface area contributed by atoms with Gasteiger partial charge in [0.2, 0.25) is 0 Å². The molecule has 0 amide bonds. The highest BCUT2D eigenvalue weighted by molar-refractivity contribution is 14.1. The van der Waals surface area contributed by atoms with Gasteiger partial charge in [-0.25, -0.2) is 0 Å². The number of unbranched alkanes of at least 4 members (excludes halogenated alkanes) is 1. The zero-order valence-corrected chi connectivity index (χ0v) is 18.6. The third kappa shape index (κ3) is 6.12. The van der Waals surface area contributed by atoms with Crippen molar-refractivity contribution >= 4 is 70.0 Å². The largest absolute Gasteiger partial charge is 0.506 e. The van der Waals surface area contributed by atoms with E-state index in [-0.39, 0.29) is 24.8 Å². The Morgan fingerprint density at radius 2 is 1.73 bits per heavy atom. The smallest absolute Gasteiger partial charge is 0.142 e. The highest BCUT2D eigenvalue weighted by Gasteiger charge is 2.23. The van der Waals surface area contributed by atoms with Crippen molar-refractivity contribution in [3.05, 3.63) is 24.8 Å². The lowest BCUT2D eigenvalue weighted by Crippen LogP contribution is -2.45. The Hall–Kier alpha value is 0.980. The van der Waals surface area contributed by atoms with E-state index in [1.54, 1.807) is 0 Å². The molecular formula is C15H24Cl2I2N2O. The summed E-state index contributed by atoms with van der Waals surface area (Å²) in [7, 11) is 0. The van der Waals surface area contributed by atoms with Gasteiger partial charge in [-0.15, -0.1) is 24.8 Å². The molecule has 0 aliphatic carbocycles. The summed E-state index contributed by atoms with van der Waals surface area (Å²) in [5.41, 5.74) is 1.35. The second-order valence-corrected chi connectivity index (χ2v) is 7.60. The van der Waals surface area contributed by atoms with Crippen LogP contribution in [0.4, 0.5) is 0 Å². The van der Waals surface area contributed by atoms with Crippen molar-refractivity contribution in [2.45, 2.75) is 32.2 Å². The van der Waals surface area contributed by atoms with Crippen LogP contribution < -0.4 is 5.32 Å². The molecule has 1 saturated heterocycles. The Balaban J connectivity index is 0.00000220. The van der Waals surface area contributed by atoms with Crippen molar-refractivity contribution < 1.29 is 5.11 Å². The van der Waals surface area contributed by atoms with Gasteiger partial charge in [-0.3, -0.25) is 4.90 Å². The molecule has 1 heterocycles. The first kappa shape index (κ1) is 23.0. The monoisotopic (exact) mass is 572 g/mol. The standard InChI is InChI=1S/C15H22I2N2O.2ClH/c1-2-3-4-14(19-7-5-18-6-8-19)11-9-12(16)15(20)13(17)10-11;;/h9-10,14,18,20H,2-8H2,1H3;2*1H/t14-;;/m0../s1. The lowest BCUT2D eigenvalue weighted by atomic mass is 9.98. The third-order valence-corrected chi connectivity index (χ3v) is 5.49. The third-order valence-electron chi connectivity index (χ3n) is 3.85. The maximum atomic E-state index is 9.96. The molecule has 1 aliphatic heterocycles. The first-order chi connectivity index (χ1) is 9.63. The van der Waals surface area contributed by atoms with Crippen molar-refractivity contribution in [3.63, 3.8) is 0 Å². The molecule has 3 nitrogen and oxygen atoms in total. The molecule has 2 N–H and O–H groups in total. The molecule has 128 valence electrons. The van der Waals surface area contributed by atoms with E-state index in [0.29, 0.717) is 11.8 Å². The van der Waals surface area contributed by atoms with Crippen molar-refractivity contribution in [1.82, 2.24) is 10.2 Å². The van der Waals surface area contributed by atoms with E-state index in [4.69, 9.17) is 0 Å². The van der Waals surface area contributed by atoms with E-state index in [0.717, 1.165) is 33.3 Å². The zero-order valence-electron chi connectivity index (χ0n) is 12.6. The summed E-state index contributed by atoms with van der Waals surface area (Å²) in [5, 5.41) is 13.4. The molecule has 1 aromatic rings. The number of aromatic hydroxyl groups is 1. The quantitative estimate of drug-likeness (QED) is 0.507. The Bertz CT molecular complexity index is 434. The summed E-state index contributed by atoms with van der Waals surface area (Å²) < 4.78 is 1.92. The topological polar surface area (TPSA) is 35.5 Å². The molecule has 0 saturated carbocycles. The summed E-state index contributed by atoms with van der Waals surface area (Å²) in [6.07, 6.45) is 3.69. The van der Waals surface area contributed by atoms with Crippen LogP contribution in [0.2, 0.25) is 0 Å². The number of benzene rings is 1. The number of hydrogen-bond acceptors (Lipinski definition) is 3. The minimum atomic E-state index is 0. The summed E-state index contributed by atoms with van der Waals surface area (Å²) in [6.45, 7) is 6.63. The number of rotatable bonds is 5. The van der Waals surface area contributed by atoms with Crippen molar-refractivity contribution in [3.8, 4) is 5.75 Å². The first-order valence-corrected chi connectivity index (χ1v) is 9.42. The van der Waals surface area contributed by atoms with Crippen LogP contribution in [-0.4, -0.2) is 36.2 Å². The summed E-state index contributed by atoms with van der Waals surface area (Å²) in [4.78, 5) is 2.59. The van der Waals surface area contributed by atoms with Gasteiger partial charge in [0.1, 0.15) is 5.75 Å². The van der Waals surface area contributed by atoms with E-state index >= 15 is 0 Å². The predicted octanol–water partition coefficient (Wildman–Crippen LogP) is 4.58. The molecule has 0 unspecified atom stereocenters. The number of nitrogens with one attached hydrogen (secondary N) is 1. The summed E-state index contributed by atoms with van der Waals surface area (Å²) >= 11 is 4.46. The zero-order chi connectivity index (χ0) is 14.5. The van der Waals surface area contributed by atoms with Crippen LogP contribution in [0.5, 0.6) is 5.75 Å². The summed E-state index contributed by atoms with van der Waals surface area (Å²) in [6, 6.07) is 4.79. The van der Waals surface area contributed by atoms with Crippen LogP contribution in [0.1, 0.15) is 37.8 Å². The highest BCUT2D eigenvalue weighted by atomic mass is 127. The molecule has 0 radical (unpaired) electrons. The molecule has 1 atom stereocenters. The van der Waals surface area contributed by atoms with Gasteiger partial charge in [0.25, 0.3) is 0 Å². The molecule has 1 fully saturated rings. The minimum Gasteiger partial charge on any atom is -0.506 e. The van der Waals surface area contributed by atoms with Gasteiger partial charge in [-0.05, 0) is 69.3 Å². The molecule has 22 heavy (non-hydrogen) atoms. The van der Waals surface area contributed by atoms with E-state index in [2.05, 4.69) is 74.5 Å². The highest BCUT2D eigenvalue weighted by Crippen LogP contribution is 2.34. The molecule has 0 bridgehead atoms. The predicted molar refractivity (Wildman–Crippen MR) is 115 cm³/mol. The fraction of sp³-hybridized carbons (Fsp3) is 0.600. The second-order valence-electron chi connectivity index (χ2n) is 5.28. The average Bonchev–Trinajstić information content (AvgIpc) is 2.46. The van der Waals surface area contributed by atoms with Gasteiger partial charge in [0.15, 0.2) is 0 Å². The fourth-order valence-corrected chi connectivity index (χ4v) is 4.55. The molecule has 1 aromatic carbocycles. The second kappa shape index (κ2) is 11.5. The van der Waals surface area contributed by atoms with Crippen LogP contribution in [-0.2, 0) is 0 Å². The Morgan fingerprint density at radius 3 is 2.23 bits per heavy atom. The van der Waals surface area contributed by atoms with Crippen LogP contribution in [0.15, 0.2) is 12.1 Å². The molecule has 0 aromatic heterocycles. The number of hydrogen-bond donors (Lipinski definition) is 2. The van der Waals surface area contributed by atoms with Gasteiger partial charge in [-0.2, -0.15) is 0 Å². The van der Waals surface area contributed by atoms with E-state index in [9.17, 15) is 5.11 Å². The Kier molecular flexibility index (Phi) is 12.0. The average molecular weight is 573 g/mol. The molecule has 1 aliphatic rings.